The van der Waals surface area contributed by atoms with Gasteiger partial charge in [-0.15, -0.1) is 0 Å². The van der Waals surface area contributed by atoms with Crippen LogP contribution in [-0.4, -0.2) is 22.2 Å². The van der Waals surface area contributed by atoms with Crippen molar-refractivity contribution in [3.8, 4) is 5.75 Å². The van der Waals surface area contributed by atoms with E-state index in [1.165, 1.54) is 0 Å². The third-order valence-electron chi connectivity index (χ3n) is 2.83. The van der Waals surface area contributed by atoms with E-state index in [-0.39, 0.29) is 5.91 Å². The summed E-state index contributed by atoms with van der Waals surface area (Å²) in [5.74, 6) is 0.770. The number of benzene rings is 1. The molecule has 0 aliphatic rings. The molecule has 5 nitrogen and oxygen atoms in total. The average Bonchev–Trinajstić information content (AvgIpc) is 2.89. The second-order valence-electron chi connectivity index (χ2n) is 4.46. The Balaban J connectivity index is 1.98. The number of carbonyl (C=O) groups is 1. The first kappa shape index (κ1) is 15.9. The summed E-state index contributed by atoms with van der Waals surface area (Å²) < 4.78 is 6.31. The Morgan fingerprint density at radius 2 is 2.29 bits per heavy atom. The second kappa shape index (κ2) is 6.95. The topological polar surface area (TPSA) is 67.0 Å². The van der Waals surface area contributed by atoms with Crippen LogP contribution < -0.4 is 10.1 Å². The van der Waals surface area contributed by atoms with Gasteiger partial charge in [0.25, 0.3) is 5.91 Å². The van der Waals surface area contributed by atoms with Crippen molar-refractivity contribution in [2.45, 2.75) is 26.4 Å². The van der Waals surface area contributed by atoms with Gasteiger partial charge in [0, 0.05) is 16.8 Å². The van der Waals surface area contributed by atoms with Crippen LogP contribution in [0.1, 0.15) is 19.5 Å². The van der Waals surface area contributed by atoms with Crippen LogP contribution in [0.4, 0.5) is 5.82 Å². The maximum absolute atomic E-state index is 12.1. The molecule has 112 valence electrons. The van der Waals surface area contributed by atoms with Gasteiger partial charge in [-0.25, -0.2) is 0 Å². The lowest BCUT2D eigenvalue weighted by Gasteiger charge is -2.15. The van der Waals surface area contributed by atoms with Gasteiger partial charge in [0.1, 0.15) is 5.75 Å². The van der Waals surface area contributed by atoms with Gasteiger partial charge in [-0.1, -0.05) is 18.5 Å². The Bertz CT molecular complexity index is 645. The first-order valence-electron chi connectivity index (χ1n) is 6.46. The second-order valence-corrected chi connectivity index (χ2v) is 5.75. The predicted octanol–water partition coefficient (Wildman–Crippen LogP) is 3.79. The van der Waals surface area contributed by atoms with Gasteiger partial charge in [0.15, 0.2) is 11.9 Å². The largest absolute Gasteiger partial charge is 0.480 e. The minimum absolute atomic E-state index is 0.272. The van der Waals surface area contributed by atoms with E-state index in [4.69, 9.17) is 16.3 Å². The zero-order valence-corrected chi connectivity index (χ0v) is 14.0. The number of ether oxygens (including phenoxy) is 1. The van der Waals surface area contributed by atoms with Crippen LogP contribution in [0.25, 0.3) is 0 Å². The number of amides is 1. The summed E-state index contributed by atoms with van der Waals surface area (Å²) >= 11 is 9.21. The molecule has 1 heterocycles. The summed E-state index contributed by atoms with van der Waals surface area (Å²) in [5.41, 5.74) is 0.958. The van der Waals surface area contributed by atoms with Crippen molar-refractivity contribution in [3.63, 3.8) is 0 Å². The Hall–Kier alpha value is -1.53. The smallest absolute Gasteiger partial charge is 0.266 e. The maximum atomic E-state index is 12.1. The fourth-order valence-electron chi connectivity index (χ4n) is 1.65. The quantitative estimate of drug-likeness (QED) is 0.839. The molecule has 21 heavy (non-hydrogen) atoms. The molecule has 1 aromatic heterocycles. The van der Waals surface area contributed by atoms with Crippen LogP contribution in [0.3, 0.4) is 0 Å². The van der Waals surface area contributed by atoms with E-state index in [2.05, 4.69) is 31.4 Å². The van der Waals surface area contributed by atoms with Gasteiger partial charge < -0.3 is 10.1 Å². The molecule has 0 radical (unpaired) electrons. The third kappa shape index (κ3) is 4.22. The molecule has 0 saturated heterocycles. The van der Waals surface area contributed by atoms with Crippen LogP contribution in [-0.2, 0) is 11.2 Å². The lowest BCUT2D eigenvalue weighted by molar-refractivity contribution is -0.122. The van der Waals surface area contributed by atoms with Crippen molar-refractivity contribution in [2.75, 3.05) is 5.32 Å². The minimum atomic E-state index is -0.663. The molecule has 0 spiro atoms. The number of aryl methyl sites for hydroxylation is 1. The van der Waals surface area contributed by atoms with Crippen LogP contribution in [0, 0.1) is 0 Å². The van der Waals surface area contributed by atoms with Crippen LogP contribution in [0.15, 0.2) is 28.7 Å². The molecule has 0 fully saturated rings. The molecule has 0 saturated carbocycles. The summed E-state index contributed by atoms with van der Waals surface area (Å²) in [5, 5.41) is 10.1. The zero-order valence-electron chi connectivity index (χ0n) is 11.6. The maximum Gasteiger partial charge on any atom is 0.266 e. The number of nitrogens with zero attached hydrogens (tertiary/aromatic N) is 1. The summed E-state index contributed by atoms with van der Waals surface area (Å²) in [6.07, 6.45) is 0.163. The highest BCUT2D eigenvalue weighted by Crippen LogP contribution is 2.28. The molecule has 1 unspecified atom stereocenters. The van der Waals surface area contributed by atoms with Crippen molar-refractivity contribution in [1.82, 2.24) is 10.2 Å². The lowest BCUT2D eigenvalue weighted by Crippen LogP contribution is -2.30. The Kier molecular flexibility index (Phi) is 5.25. The van der Waals surface area contributed by atoms with E-state index < -0.39 is 6.10 Å². The number of hydrogen-bond donors (Lipinski definition) is 2. The van der Waals surface area contributed by atoms with Crippen LogP contribution >= 0.6 is 27.5 Å². The van der Waals surface area contributed by atoms with E-state index in [0.717, 1.165) is 12.1 Å². The average molecular weight is 373 g/mol. The molecular weight excluding hydrogens is 358 g/mol. The molecule has 1 aromatic carbocycles. The molecule has 1 atom stereocenters. The molecule has 7 heteroatoms. The predicted molar refractivity (Wildman–Crippen MR) is 85.8 cm³/mol. The number of hydrogen-bond acceptors (Lipinski definition) is 3. The molecule has 2 rings (SSSR count). The number of nitrogens with one attached hydrogen (secondary N) is 2. The molecule has 0 bridgehead atoms. The summed E-state index contributed by atoms with van der Waals surface area (Å²) in [6.45, 7) is 3.67. The molecule has 0 aliphatic heterocycles. The highest BCUT2D eigenvalue weighted by atomic mass is 79.9. The highest BCUT2D eigenvalue weighted by molar-refractivity contribution is 9.10. The number of aromatic amines is 1. The summed E-state index contributed by atoms with van der Waals surface area (Å²) in [6, 6.07) is 6.92. The van der Waals surface area contributed by atoms with Gasteiger partial charge in [0.2, 0.25) is 0 Å². The number of halogens is 2. The number of aromatic nitrogens is 2. The lowest BCUT2D eigenvalue weighted by atomic mass is 10.3. The van der Waals surface area contributed by atoms with Gasteiger partial charge >= 0.3 is 0 Å². The number of anilines is 1. The Morgan fingerprint density at radius 1 is 1.52 bits per heavy atom. The molecular formula is C14H15BrClN3O2. The minimum Gasteiger partial charge on any atom is -0.480 e. The van der Waals surface area contributed by atoms with E-state index in [1.54, 1.807) is 31.2 Å². The van der Waals surface area contributed by atoms with E-state index >= 15 is 0 Å². The fourth-order valence-corrected chi connectivity index (χ4v) is 2.43. The molecule has 1 amide bonds. The van der Waals surface area contributed by atoms with Gasteiger partial charge in [0.05, 0.1) is 4.47 Å². The van der Waals surface area contributed by atoms with Crippen molar-refractivity contribution in [3.05, 3.63) is 39.5 Å². The Labute approximate surface area is 136 Å². The highest BCUT2D eigenvalue weighted by Gasteiger charge is 2.17. The number of carbonyl (C=O) groups excluding carboxylic acids is 1. The summed E-state index contributed by atoms with van der Waals surface area (Å²) in [7, 11) is 0. The van der Waals surface area contributed by atoms with Crippen molar-refractivity contribution >= 4 is 39.3 Å². The first-order valence-corrected chi connectivity index (χ1v) is 7.63. The fraction of sp³-hybridized carbons (Fsp3) is 0.286. The zero-order chi connectivity index (χ0) is 15.4. The number of H-pyrrole nitrogens is 1. The van der Waals surface area contributed by atoms with E-state index in [9.17, 15) is 4.79 Å². The van der Waals surface area contributed by atoms with Gasteiger partial charge in [-0.2, -0.15) is 5.10 Å². The van der Waals surface area contributed by atoms with E-state index in [1.807, 2.05) is 6.92 Å². The van der Waals surface area contributed by atoms with E-state index in [0.29, 0.717) is 21.1 Å². The number of rotatable bonds is 5. The Morgan fingerprint density at radius 3 is 2.90 bits per heavy atom. The van der Waals surface area contributed by atoms with Crippen LogP contribution in [0.5, 0.6) is 5.75 Å². The third-order valence-corrected chi connectivity index (χ3v) is 3.68. The normalized spacial score (nSPS) is 12.0. The van der Waals surface area contributed by atoms with Crippen molar-refractivity contribution in [2.24, 2.45) is 0 Å². The van der Waals surface area contributed by atoms with Crippen molar-refractivity contribution in [1.29, 1.82) is 0 Å². The molecule has 2 N–H and O–H groups in total. The first-order chi connectivity index (χ1) is 9.99. The van der Waals surface area contributed by atoms with Gasteiger partial charge in [-0.05, 0) is 47.5 Å². The SMILES string of the molecule is CCc1cc(NC(=O)C(C)Oc2ccc(Cl)cc2Br)n[nH]1. The standard InChI is InChI=1S/C14H15BrClN3O2/c1-3-10-7-13(19-18-10)17-14(20)8(2)21-12-5-4-9(16)6-11(12)15/h4-8H,3H2,1-2H3,(H2,17,18,19,20). The molecule has 2 aromatic rings. The monoisotopic (exact) mass is 371 g/mol. The van der Waals surface area contributed by atoms with Gasteiger partial charge in [-0.3, -0.25) is 9.89 Å². The molecule has 0 aliphatic carbocycles. The summed E-state index contributed by atoms with van der Waals surface area (Å²) in [4.78, 5) is 12.1. The van der Waals surface area contributed by atoms with Crippen molar-refractivity contribution < 1.29 is 9.53 Å². The van der Waals surface area contributed by atoms with Crippen LogP contribution in [0.2, 0.25) is 5.02 Å².